The van der Waals surface area contributed by atoms with Gasteiger partial charge in [0.2, 0.25) is 0 Å². The Morgan fingerprint density at radius 2 is 2.30 bits per heavy atom. The molecule has 2 rings (SSSR count). The minimum absolute atomic E-state index is 0.0181. The van der Waals surface area contributed by atoms with Crippen LogP contribution in [0, 0.1) is 12.8 Å². The van der Waals surface area contributed by atoms with E-state index in [9.17, 15) is 4.79 Å². The van der Waals surface area contributed by atoms with E-state index >= 15 is 0 Å². The molecule has 2 N–H and O–H groups in total. The van der Waals surface area contributed by atoms with Crippen LogP contribution in [0.5, 0.6) is 5.75 Å². The quantitative estimate of drug-likeness (QED) is 0.812. The van der Waals surface area contributed by atoms with Gasteiger partial charge in [0.25, 0.3) is 5.91 Å². The summed E-state index contributed by atoms with van der Waals surface area (Å²) in [6.45, 7) is 1.97. The average molecular weight is 298 g/mol. The van der Waals surface area contributed by atoms with Crippen LogP contribution in [0.3, 0.4) is 0 Å². The number of hydrogen-bond donors (Lipinski definition) is 2. The van der Waals surface area contributed by atoms with Gasteiger partial charge in [-0.2, -0.15) is 0 Å². The number of hydrogen-bond acceptors (Lipinski definition) is 3. The lowest BCUT2D eigenvalue weighted by Crippen LogP contribution is -2.39. The van der Waals surface area contributed by atoms with Gasteiger partial charge >= 0.3 is 0 Å². The third kappa shape index (κ3) is 4.39. The summed E-state index contributed by atoms with van der Waals surface area (Å²) in [6, 6.07) is 5.38. The molecule has 1 fully saturated rings. The van der Waals surface area contributed by atoms with Crippen molar-refractivity contribution in [1.82, 2.24) is 5.32 Å². The molecular formula is C15H20ClNO3. The molecule has 1 aliphatic carbocycles. The fourth-order valence-corrected chi connectivity index (χ4v) is 2.29. The van der Waals surface area contributed by atoms with E-state index < -0.39 is 0 Å². The van der Waals surface area contributed by atoms with Gasteiger partial charge in [-0.25, -0.2) is 0 Å². The zero-order chi connectivity index (χ0) is 14.5. The van der Waals surface area contributed by atoms with Crippen LogP contribution in [0.25, 0.3) is 0 Å². The maximum absolute atomic E-state index is 11.8. The largest absolute Gasteiger partial charge is 0.484 e. The van der Waals surface area contributed by atoms with Gasteiger partial charge in [-0.1, -0.05) is 11.6 Å². The smallest absolute Gasteiger partial charge is 0.258 e. The standard InChI is InChI=1S/C15H20ClNO3/c1-10-8-12(4-5-13(10)16)20-9-15(19)17-14(6-7-18)11-2-3-11/h4-5,8,11,14,18H,2-3,6-7,9H2,1H3,(H,17,19). The number of carbonyl (C=O) groups is 1. The number of benzene rings is 1. The molecule has 0 aromatic heterocycles. The number of aryl methyl sites for hydroxylation is 1. The molecule has 1 saturated carbocycles. The van der Waals surface area contributed by atoms with Gasteiger partial charge in [0.1, 0.15) is 5.75 Å². The SMILES string of the molecule is Cc1cc(OCC(=O)NC(CCO)C2CC2)ccc1Cl. The summed E-state index contributed by atoms with van der Waals surface area (Å²) in [6.07, 6.45) is 2.86. The molecule has 1 atom stereocenters. The van der Waals surface area contributed by atoms with Crippen molar-refractivity contribution in [2.24, 2.45) is 5.92 Å². The van der Waals surface area contributed by atoms with Gasteiger partial charge < -0.3 is 15.2 Å². The highest BCUT2D eigenvalue weighted by molar-refractivity contribution is 6.31. The summed E-state index contributed by atoms with van der Waals surface area (Å²) in [5.41, 5.74) is 0.917. The normalized spacial score (nSPS) is 15.8. The van der Waals surface area contributed by atoms with Crippen molar-refractivity contribution < 1.29 is 14.6 Å². The first kappa shape index (κ1) is 15.1. The number of aliphatic hydroxyl groups is 1. The van der Waals surface area contributed by atoms with Gasteiger partial charge in [-0.15, -0.1) is 0 Å². The van der Waals surface area contributed by atoms with Crippen molar-refractivity contribution in [1.29, 1.82) is 0 Å². The van der Waals surface area contributed by atoms with Crippen molar-refractivity contribution >= 4 is 17.5 Å². The molecule has 4 nitrogen and oxygen atoms in total. The highest BCUT2D eigenvalue weighted by atomic mass is 35.5. The van der Waals surface area contributed by atoms with Crippen molar-refractivity contribution in [2.45, 2.75) is 32.2 Å². The van der Waals surface area contributed by atoms with E-state index in [1.54, 1.807) is 12.1 Å². The van der Waals surface area contributed by atoms with Crippen LogP contribution in [-0.4, -0.2) is 30.3 Å². The topological polar surface area (TPSA) is 58.6 Å². The maximum Gasteiger partial charge on any atom is 0.258 e. The first-order valence-electron chi connectivity index (χ1n) is 6.89. The van der Waals surface area contributed by atoms with Crippen molar-refractivity contribution in [3.05, 3.63) is 28.8 Å². The van der Waals surface area contributed by atoms with Crippen molar-refractivity contribution in [2.75, 3.05) is 13.2 Å². The summed E-state index contributed by atoms with van der Waals surface area (Å²) in [7, 11) is 0. The van der Waals surface area contributed by atoms with Crippen LogP contribution in [-0.2, 0) is 4.79 Å². The van der Waals surface area contributed by atoms with Gasteiger partial charge in [-0.05, 0) is 55.9 Å². The average Bonchev–Trinajstić information content (AvgIpc) is 3.24. The monoisotopic (exact) mass is 297 g/mol. The minimum atomic E-state index is -0.150. The zero-order valence-corrected chi connectivity index (χ0v) is 12.3. The molecule has 110 valence electrons. The Morgan fingerprint density at radius 1 is 1.55 bits per heavy atom. The number of amides is 1. The van der Waals surface area contributed by atoms with E-state index in [1.165, 1.54) is 0 Å². The molecule has 1 aromatic rings. The molecule has 0 saturated heterocycles. The van der Waals surface area contributed by atoms with Gasteiger partial charge in [0, 0.05) is 17.7 Å². The number of halogens is 1. The lowest BCUT2D eigenvalue weighted by Gasteiger charge is -2.17. The van der Waals surface area contributed by atoms with Gasteiger partial charge in [-0.3, -0.25) is 4.79 Å². The third-order valence-corrected chi connectivity index (χ3v) is 3.90. The Balaban J connectivity index is 1.80. The summed E-state index contributed by atoms with van der Waals surface area (Å²) in [4.78, 5) is 11.8. The Hall–Kier alpha value is -1.26. The fourth-order valence-electron chi connectivity index (χ4n) is 2.17. The van der Waals surface area contributed by atoms with Crippen LogP contribution < -0.4 is 10.1 Å². The van der Waals surface area contributed by atoms with Crippen LogP contribution >= 0.6 is 11.6 Å². The molecule has 1 amide bonds. The Kier molecular flexibility index (Phi) is 5.26. The fraction of sp³-hybridized carbons (Fsp3) is 0.533. The second-order valence-electron chi connectivity index (χ2n) is 5.22. The van der Waals surface area contributed by atoms with Gasteiger partial charge in [0.05, 0.1) is 0 Å². The summed E-state index contributed by atoms with van der Waals surface area (Å²) >= 11 is 5.93. The zero-order valence-electron chi connectivity index (χ0n) is 11.6. The van der Waals surface area contributed by atoms with E-state index in [4.69, 9.17) is 21.4 Å². The van der Waals surface area contributed by atoms with Crippen LogP contribution in [0.15, 0.2) is 18.2 Å². The highest BCUT2D eigenvalue weighted by Gasteiger charge is 2.31. The van der Waals surface area contributed by atoms with Crippen LogP contribution in [0.4, 0.5) is 0 Å². The van der Waals surface area contributed by atoms with Crippen LogP contribution in [0.1, 0.15) is 24.8 Å². The van der Waals surface area contributed by atoms with E-state index in [-0.39, 0.29) is 25.2 Å². The molecule has 0 radical (unpaired) electrons. The number of carbonyl (C=O) groups excluding carboxylic acids is 1. The number of aliphatic hydroxyl groups excluding tert-OH is 1. The second kappa shape index (κ2) is 6.95. The van der Waals surface area contributed by atoms with E-state index in [1.807, 2.05) is 13.0 Å². The van der Waals surface area contributed by atoms with E-state index in [2.05, 4.69) is 5.32 Å². The lowest BCUT2D eigenvalue weighted by atomic mass is 10.1. The van der Waals surface area contributed by atoms with Crippen LogP contribution in [0.2, 0.25) is 5.02 Å². The molecule has 0 heterocycles. The number of nitrogens with one attached hydrogen (secondary N) is 1. The summed E-state index contributed by atoms with van der Waals surface area (Å²) < 4.78 is 5.45. The van der Waals surface area contributed by atoms with Gasteiger partial charge in [0.15, 0.2) is 6.61 Å². The van der Waals surface area contributed by atoms with Crippen molar-refractivity contribution in [3.8, 4) is 5.75 Å². The van der Waals surface area contributed by atoms with E-state index in [0.29, 0.717) is 23.1 Å². The predicted octanol–water partition coefficient (Wildman–Crippen LogP) is 2.30. The molecule has 5 heteroatoms. The maximum atomic E-state index is 11.8. The number of rotatable bonds is 7. The lowest BCUT2D eigenvalue weighted by molar-refractivity contribution is -0.124. The first-order chi connectivity index (χ1) is 9.60. The Morgan fingerprint density at radius 3 is 2.90 bits per heavy atom. The summed E-state index contributed by atoms with van der Waals surface area (Å²) in [5.74, 6) is 0.999. The highest BCUT2D eigenvalue weighted by Crippen LogP contribution is 2.33. The third-order valence-electron chi connectivity index (χ3n) is 3.48. The molecule has 0 spiro atoms. The summed E-state index contributed by atoms with van der Waals surface area (Å²) in [5, 5.41) is 12.6. The second-order valence-corrected chi connectivity index (χ2v) is 5.63. The molecule has 20 heavy (non-hydrogen) atoms. The Labute approximate surface area is 124 Å². The molecule has 1 aliphatic rings. The Bertz CT molecular complexity index is 474. The number of ether oxygens (including phenoxy) is 1. The van der Waals surface area contributed by atoms with Crippen molar-refractivity contribution in [3.63, 3.8) is 0 Å². The molecular weight excluding hydrogens is 278 g/mol. The first-order valence-corrected chi connectivity index (χ1v) is 7.27. The minimum Gasteiger partial charge on any atom is -0.484 e. The predicted molar refractivity (Wildman–Crippen MR) is 78.0 cm³/mol. The van der Waals surface area contributed by atoms with E-state index in [0.717, 1.165) is 18.4 Å². The molecule has 1 aromatic carbocycles. The molecule has 0 bridgehead atoms. The molecule has 1 unspecified atom stereocenters. The molecule has 0 aliphatic heterocycles.